The summed E-state index contributed by atoms with van der Waals surface area (Å²) in [6, 6.07) is 12.2. The number of nitrogens with one attached hydrogen (secondary N) is 1. The minimum atomic E-state index is -3.14. The van der Waals surface area contributed by atoms with Crippen LogP contribution in [-0.2, 0) is 31.0 Å². The van der Waals surface area contributed by atoms with Crippen molar-refractivity contribution in [2.24, 2.45) is 0 Å². The van der Waals surface area contributed by atoms with Gasteiger partial charge in [-0.15, -0.1) is 0 Å². The predicted octanol–water partition coefficient (Wildman–Crippen LogP) is 6.21. The summed E-state index contributed by atoms with van der Waals surface area (Å²) in [7, 11) is -0.441. The van der Waals surface area contributed by atoms with Crippen molar-refractivity contribution in [3.63, 3.8) is 0 Å². The summed E-state index contributed by atoms with van der Waals surface area (Å²) < 4.78 is 27.4. The Hall–Kier alpha value is -2.15. The van der Waals surface area contributed by atoms with Gasteiger partial charge in [-0.3, -0.25) is 9.36 Å². The Morgan fingerprint density at radius 3 is 2.45 bits per heavy atom. The molecule has 0 bridgehead atoms. The predicted molar refractivity (Wildman–Crippen MR) is 121 cm³/mol. The molecule has 31 heavy (non-hydrogen) atoms. The van der Waals surface area contributed by atoms with Crippen LogP contribution in [0.1, 0.15) is 17.5 Å². The van der Waals surface area contributed by atoms with Gasteiger partial charge in [0.1, 0.15) is 0 Å². The van der Waals surface area contributed by atoms with Crippen LogP contribution in [0.25, 0.3) is 11.3 Å². The van der Waals surface area contributed by atoms with Gasteiger partial charge in [0, 0.05) is 37.5 Å². The molecule has 0 unspecified atom stereocenters. The van der Waals surface area contributed by atoms with Crippen LogP contribution >= 0.6 is 30.8 Å². The SMILES string of the molecule is COP(=O)(Cc1ccc(NC(=O)CCc2cnoc2-c2ccc(Cl)c(Cl)c2)cc1)OC. The zero-order valence-electron chi connectivity index (χ0n) is 16.9. The summed E-state index contributed by atoms with van der Waals surface area (Å²) in [5.74, 6) is 0.393. The quantitative estimate of drug-likeness (QED) is 0.364. The molecule has 0 saturated carbocycles. The maximum Gasteiger partial charge on any atom is 0.334 e. The third kappa shape index (κ3) is 6.19. The Morgan fingerprint density at radius 1 is 1.10 bits per heavy atom. The van der Waals surface area contributed by atoms with Crippen LogP contribution in [0.4, 0.5) is 5.69 Å². The minimum absolute atomic E-state index is 0.152. The number of halogens is 2. The number of carbonyl (C=O) groups is 1. The average molecular weight is 483 g/mol. The summed E-state index contributed by atoms with van der Waals surface area (Å²) in [6.07, 6.45) is 2.41. The van der Waals surface area contributed by atoms with E-state index >= 15 is 0 Å². The molecule has 1 amide bonds. The first-order chi connectivity index (χ1) is 14.8. The molecule has 3 rings (SSSR count). The van der Waals surface area contributed by atoms with Crippen molar-refractivity contribution in [2.45, 2.75) is 19.0 Å². The largest absolute Gasteiger partial charge is 0.356 e. The number of anilines is 1. The van der Waals surface area contributed by atoms with Crippen molar-refractivity contribution in [3.05, 3.63) is 69.8 Å². The fourth-order valence-corrected chi connectivity index (χ4v) is 4.27. The van der Waals surface area contributed by atoms with E-state index in [4.69, 9.17) is 36.8 Å². The molecule has 1 N–H and O–H groups in total. The molecule has 164 valence electrons. The summed E-state index contributed by atoms with van der Waals surface area (Å²) in [4.78, 5) is 12.4. The Labute approximate surface area is 190 Å². The molecular weight excluding hydrogens is 462 g/mol. The highest BCUT2D eigenvalue weighted by molar-refractivity contribution is 7.52. The molecule has 7 nitrogen and oxygen atoms in total. The van der Waals surface area contributed by atoms with E-state index in [1.807, 2.05) is 0 Å². The fourth-order valence-electron chi connectivity index (χ4n) is 2.91. The van der Waals surface area contributed by atoms with Gasteiger partial charge in [-0.25, -0.2) is 0 Å². The van der Waals surface area contributed by atoms with Crippen LogP contribution in [-0.4, -0.2) is 25.3 Å². The second-order valence-corrected chi connectivity index (χ2v) is 9.77. The zero-order chi connectivity index (χ0) is 22.4. The first-order valence-corrected chi connectivity index (χ1v) is 11.8. The molecule has 0 spiro atoms. The van der Waals surface area contributed by atoms with Crippen LogP contribution in [0, 0.1) is 0 Å². The lowest BCUT2D eigenvalue weighted by molar-refractivity contribution is -0.116. The monoisotopic (exact) mass is 482 g/mol. The van der Waals surface area contributed by atoms with E-state index < -0.39 is 7.60 Å². The molecule has 0 atom stereocenters. The Balaban J connectivity index is 1.58. The van der Waals surface area contributed by atoms with E-state index in [1.54, 1.807) is 48.7 Å². The van der Waals surface area contributed by atoms with Crippen LogP contribution in [0.5, 0.6) is 0 Å². The van der Waals surface area contributed by atoms with Gasteiger partial charge in [-0.2, -0.15) is 0 Å². The highest BCUT2D eigenvalue weighted by atomic mass is 35.5. The molecule has 0 aliphatic rings. The number of hydrogen-bond donors (Lipinski definition) is 1. The van der Waals surface area contributed by atoms with Crippen molar-refractivity contribution in [1.29, 1.82) is 0 Å². The molecule has 1 heterocycles. The highest BCUT2D eigenvalue weighted by Crippen LogP contribution is 2.49. The van der Waals surface area contributed by atoms with Gasteiger partial charge in [0.2, 0.25) is 5.91 Å². The number of hydrogen-bond acceptors (Lipinski definition) is 6. The molecule has 0 aliphatic heterocycles. The number of carbonyl (C=O) groups excluding carboxylic acids is 1. The summed E-state index contributed by atoms with van der Waals surface area (Å²) in [5, 5.41) is 7.54. The standard InChI is InChI=1S/C21H21Cl2N2O5P/c1-28-31(27,29-2)13-14-3-7-17(8-4-14)25-20(26)10-6-16-12-24-30-21(16)15-5-9-18(22)19(23)11-15/h3-5,7-9,11-12H,6,10,13H2,1-2H3,(H,25,26). The van der Waals surface area contributed by atoms with Crippen LogP contribution in [0.2, 0.25) is 10.0 Å². The molecule has 0 aliphatic carbocycles. The van der Waals surface area contributed by atoms with Gasteiger partial charge in [0.25, 0.3) is 0 Å². The van der Waals surface area contributed by atoms with E-state index in [0.29, 0.717) is 27.9 Å². The molecule has 3 aromatic rings. The van der Waals surface area contributed by atoms with Crippen LogP contribution in [0.15, 0.2) is 53.2 Å². The second kappa shape index (κ2) is 10.4. The highest BCUT2D eigenvalue weighted by Gasteiger charge is 2.21. The normalized spacial score (nSPS) is 11.5. The average Bonchev–Trinajstić information content (AvgIpc) is 3.24. The number of rotatable bonds is 9. The topological polar surface area (TPSA) is 90.7 Å². The zero-order valence-corrected chi connectivity index (χ0v) is 19.3. The van der Waals surface area contributed by atoms with Crippen molar-refractivity contribution in [2.75, 3.05) is 19.5 Å². The number of nitrogens with zero attached hydrogens (tertiary/aromatic N) is 1. The number of amides is 1. The molecule has 0 saturated heterocycles. The van der Waals surface area contributed by atoms with Crippen LogP contribution < -0.4 is 5.32 Å². The number of aryl methyl sites for hydroxylation is 1. The maximum absolute atomic E-state index is 12.4. The van der Waals surface area contributed by atoms with Crippen molar-refractivity contribution < 1.29 is 22.9 Å². The third-order valence-corrected chi connectivity index (χ3v) is 7.22. The Morgan fingerprint density at radius 2 is 1.81 bits per heavy atom. The lowest BCUT2D eigenvalue weighted by Crippen LogP contribution is -2.12. The summed E-state index contributed by atoms with van der Waals surface area (Å²) >= 11 is 12.0. The van der Waals surface area contributed by atoms with E-state index in [2.05, 4.69) is 10.5 Å². The lowest BCUT2D eigenvalue weighted by Gasteiger charge is -2.13. The lowest BCUT2D eigenvalue weighted by atomic mass is 10.1. The Bertz CT molecular complexity index is 1090. The van der Waals surface area contributed by atoms with Crippen molar-refractivity contribution >= 4 is 42.4 Å². The Kier molecular flexibility index (Phi) is 7.92. The fraction of sp³-hybridized carbons (Fsp3) is 0.238. The smallest absolute Gasteiger partial charge is 0.334 e. The van der Waals surface area contributed by atoms with E-state index in [9.17, 15) is 9.36 Å². The summed E-state index contributed by atoms with van der Waals surface area (Å²) in [6.45, 7) is 0. The molecule has 10 heteroatoms. The van der Waals surface area contributed by atoms with Gasteiger partial charge >= 0.3 is 7.60 Å². The molecular formula is C21H21Cl2N2O5P. The van der Waals surface area contributed by atoms with E-state index in [-0.39, 0.29) is 18.5 Å². The number of benzene rings is 2. The van der Waals surface area contributed by atoms with Crippen LogP contribution in [0.3, 0.4) is 0 Å². The molecule has 0 radical (unpaired) electrons. The van der Waals surface area contributed by atoms with E-state index in [0.717, 1.165) is 16.7 Å². The first-order valence-electron chi connectivity index (χ1n) is 9.32. The minimum Gasteiger partial charge on any atom is -0.356 e. The van der Waals surface area contributed by atoms with Gasteiger partial charge in [-0.05, 0) is 42.3 Å². The first kappa shape index (κ1) is 23.5. The van der Waals surface area contributed by atoms with E-state index in [1.165, 1.54) is 14.2 Å². The van der Waals surface area contributed by atoms with Gasteiger partial charge in [0.15, 0.2) is 5.76 Å². The second-order valence-electron chi connectivity index (χ2n) is 6.69. The van der Waals surface area contributed by atoms with Gasteiger partial charge < -0.3 is 18.9 Å². The van der Waals surface area contributed by atoms with Gasteiger partial charge in [0.05, 0.1) is 22.4 Å². The molecule has 1 aromatic heterocycles. The molecule has 0 fully saturated rings. The van der Waals surface area contributed by atoms with Gasteiger partial charge in [-0.1, -0.05) is 40.5 Å². The third-order valence-electron chi connectivity index (χ3n) is 4.62. The maximum atomic E-state index is 12.4. The molecule has 2 aromatic carbocycles. The summed E-state index contributed by atoms with van der Waals surface area (Å²) in [5.41, 5.74) is 2.94. The van der Waals surface area contributed by atoms with Crippen molar-refractivity contribution in [3.8, 4) is 11.3 Å². The number of aromatic nitrogens is 1. The van der Waals surface area contributed by atoms with Crippen molar-refractivity contribution in [1.82, 2.24) is 5.16 Å².